The third-order valence-electron chi connectivity index (χ3n) is 7.13. The number of piperazine rings is 1. The Balaban J connectivity index is 1.70. The maximum Gasteiger partial charge on any atom is 0.137 e. The summed E-state index contributed by atoms with van der Waals surface area (Å²) in [4.78, 5) is 7.65. The van der Waals surface area contributed by atoms with E-state index < -0.39 is 0 Å². The summed E-state index contributed by atoms with van der Waals surface area (Å²) in [5.74, 6) is 2.17. The SMILES string of the molecule is CCc1nn(-c2ccccc2)c(N2CCN(CC)CC2)c1CN(Cc1ccc(OC)cc1)C(C)C. The Morgan fingerprint density at radius 3 is 2.17 bits per heavy atom. The van der Waals surface area contributed by atoms with Crippen LogP contribution in [0.5, 0.6) is 5.75 Å². The molecule has 0 aliphatic carbocycles. The summed E-state index contributed by atoms with van der Waals surface area (Å²) in [6.07, 6.45) is 0.922. The van der Waals surface area contributed by atoms with E-state index in [4.69, 9.17) is 9.84 Å². The van der Waals surface area contributed by atoms with E-state index in [0.717, 1.165) is 63.7 Å². The van der Waals surface area contributed by atoms with Gasteiger partial charge in [0.05, 0.1) is 18.5 Å². The van der Waals surface area contributed by atoms with Crippen LogP contribution in [0.4, 0.5) is 5.82 Å². The molecule has 0 atom stereocenters. The first-order chi connectivity index (χ1) is 17.0. The van der Waals surface area contributed by atoms with E-state index in [1.807, 2.05) is 0 Å². The molecule has 1 aliphatic rings. The Labute approximate surface area is 211 Å². The molecule has 0 amide bonds. The number of ether oxygens (including phenoxy) is 1. The molecule has 1 aliphatic heterocycles. The summed E-state index contributed by atoms with van der Waals surface area (Å²) in [7, 11) is 1.72. The largest absolute Gasteiger partial charge is 0.497 e. The molecular weight excluding hydrogens is 434 g/mol. The van der Waals surface area contributed by atoms with E-state index in [1.54, 1.807) is 7.11 Å². The fourth-order valence-electron chi connectivity index (χ4n) is 4.87. The number of hydrogen-bond donors (Lipinski definition) is 0. The fraction of sp³-hybridized carbons (Fsp3) is 0.483. The van der Waals surface area contributed by atoms with E-state index in [2.05, 4.69) is 102 Å². The molecule has 0 saturated carbocycles. The number of aryl methyl sites for hydroxylation is 1. The Morgan fingerprint density at radius 1 is 0.914 bits per heavy atom. The van der Waals surface area contributed by atoms with Gasteiger partial charge in [-0.2, -0.15) is 5.10 Å². The Kier molecular flexibility index (Phi) is 8.47. The molecule has 1 fully saturated rings. The number of hydrogen-bond acceptors (Lipinski definition) is 5. The van der Waals surface area contributed by atoms with Crippen LogP contribution < -0.4 is 9.64 Å². The van der Waals surface area contributed by atoms with Crippen molar-refractivity contribution in [2.45, 2.75) is 53.2 Å². The van der Waals surface area contributed by atoms with Crippen LogP contribution in [0.25, 0.3) is 5.69 Å². The molecule has 2 heterocycles. The van der Waals surface area contributed by atoms with Gasteiger partial charge in [0.25, 0.3) is 0 Å². The number of likely N-dealkylation sites (N-methyl/N-ethyl adjacent to an activating group) is 1. The first-order valence-electron chi connectivity index (χ1n) is 13.0. The van der Waals surface area contributed by atoms with Crippen LogP contribution in [-0.2, 0) is 19.5 Å². The fourth-order valence-corrected chi connectivity index (χ4v) is 4.87. The summed E-state index contributed by atoms with van der Waals surface area (Å²) >= 11 is 0. The molecule has 0 N–H and O–H groups in total. The van der Waals surface area contributed by atoms with Crippen LogP contribution in [0.1, 0.15) is 44.5 Å². The molecule has 0 radical (unpaired) electrons. The highest BCUT2D eigenvalue weighted by Gasteiger charge is 2.27. The third-order valence-corrected chi connectivity index (χ3v) is 7.13. The topological polar surface area (TPSA) is 36.8 Å². The van der Waals surface area contributed by atoms with Crippen molar-refractivity contribution in [1.29, 1.82) is 0 Å². The number of aromatic nitrogens is 2. The maximum atomic E-state index is 5.36. The molecule has 1 aromatic heterocycles. The number of para-hydroxylation sites is 1. The number of methoxy groups -OCH3 is 1. The Hall–Kier alpha value is -2.83. The molecule has 0 spiro atoms. The van der Waals surface area contributed by atoms with Crippen molar-refractivity contribution in [3.63, 3.8) is 0 Å². The molecule has 2 aromatic carbocycles. The van der Waals surface area contributed by atoms with Gasteiger partial charge < -0.3 is 14.5 Å². The van der Waals surface area contributed by atoms with E-state index in [9.17, 15) is 0 Å². The second-order valence-electron chi connectivity index (χ2n) is 9.62. The summed E-state index contributed by atoms with van der Waals surface area (Å²) in [5, 5.41) is 5.17. The lowest BCUT2D eigenvalue weighted by Gasteiger charge is -2.36. The second-order valence-corrected chi connectivity index (χ2v) is 9.62. The van der Waals surface area contributed by atoms with Crippen molar-refractivity contribution in [3.05, 3.63) is 71.4 Å². The van der Waals surface area contributed by atoms with Crippen LogP contribution >= 0.6 is 0 Å². The van der Waals surface area contributed by atoms with Crippen molar-refractivity contribution in [1.82, 2.24) is 19.6 Å². The average molecular weight is 476 g/mol. The highest BCUT2D eigenvalue weighted by atomic mass is 16.5. The lowest BCUT2D eigenvalue weighted by molar-refractivity contribution is 0.203. The van der Waals surface area contributed by atoms with Gasteiger partial charge in [0, 0.05) is 50.9 Å². The van der Waals surface area contributed by atoms with Gasteiger partial charge in [-0.25, -0.2) is 4.68 Å². The van der Waals surface area contributed by atoms with Crippen LogP contribution in [0.15, 0.2) is 54.6 Å². The lowest BCUT2D eigenvalue weighted by Crippen LogP contribution is -2.47. The van der Waals surface area contributed by atoms with E-state index >= 15 is 0 Å². The smallest absolute Gasteiger partial charge is 0.137 e. The first-order valence-corrected chi connectivity index (χ1v) is 13.0. The summed E-state index contributed by atoms with van der Waals surface area (Å²) in [6.45, 7) is 16.2. The zero-order valence-corrected chi connectivity index (χ0v) is 22.1. The highest BCUT2D eigenvalue weighted by molar-refractivity contribution is 5.56. The molecular formula is C29H41N5O. The van der Waals surface area contributed by atoms with Gasteiger partial charge in [-0.1, -0.05) is 44.2 Å². The quantitative estimate of drug-likeness (QED) is 0.413. The number of nitrogens with zero attached hydrogens (tertiary/aromatic N) is 5. The predicted octanol–water partition coefficient (Wildman–Crippen LogP) is 5.00. The van der Waals surface area contributed by atoms with Crippen molar-refractivity contribution >= 4 is 5.82 Å². The minimum absolute atomic E-state index is 0.409. The standard InChI is InChI=1S/C29H41N5O/c1-6-28-27(22-33(23(3)4)21-24-13-15-26(35-5)16-14-24)29(32-19-17-31(7-2)18-20-32)34(30-28)25-11-9-8-10-12-25/h8-16,23H,6-7,17-22H2,1-5H3. The van der Waals surface area contributed by atoms with Gasteiger partial charge in [0.1, 0.15) is 11.6 Å². The van der Waals surface area contributed by atoms with E-state index in [1.165, 1.54) is 22.6 Å². The van der Waals surface area contributed by atoms with Gasteiger partial charge in [-0.3, -0.25) is 4.90 Å². The molecule has 4 rings (SSSR count). The Bertz CT molecular complexity index is 1050. The van der Waals surface area contributed by atoms with Crippen molar-refractivity contribution in [2.24, 2.45) is 0 Å². The van der Waals surface area contributed by atoms with Gasteiger partial charge in [-0.05, 0) is 56.6 Å². The predicted molar refractivity (Wildman–Crippen MR) is 145 cm³/mol. The van der Waals surface area contributed by atoms with Gasteiger partial charge in [0.15, 0.2) is 0 Å². The van der Waals surface area contributed by atoms with Crippen molar-refractivity contribution in [3.8, 4) is 11.4 Å². The zero-order valence-electron chi connectivity index (χ0n) is 22.1. The van der Waals surface area contributed by atoms with Crippen LogP contribution in [0.3, 0.4) is 0 Å². The average Bonchev–Trinajstić information content (AvgIpc) is 3.27. The minimum Gasteiger partial charge on any atom is -0.497 e. The first kappa shape index (κ1) is 25.3. The molecule has 35 heavy (non-hydrogen) atoms. The monoisotopic (exact) mass is 475 g/mol. The third kappa shape index (κ3) is 5.88. The maximum absolute atomic E-state index is 5.36. The van der Waals surface area contributed by atoms with Crippen molar-refractivity contribution in [2.75, 3.05) is 44.7 Å². The molecule has 0 unspecified atom stereocenters. The molecule has 188 valence electrons. The Morgan fingerprint density at radius 2 is 1.60 bits per heavy atom. The number of rotatable bonds is 10. The lowest BCUT2D eigenvalue weighted by atomic mass is 10.1. The minimum atomic E-state index is 0.409. The van der Waals surface area contributed by atoms with Crippen LogP contribution in [0.2, 0.25) is 0 Å². The summed E-state index contributed by atoms with van der Waals surface area (Å²) in [5.41, 5.74) is 4.99. The molecule has 0 bridgehead atoms. The van der Waals surface area contributed by atoms with Gasteiger partial charge in [-0.15, -0.1) is 0 Å². The second kappa shape index (κ2) is 11.7. The molecule has 3 aromatic rings. The van der Waals surface area contributed by atoms with Crippen LogP contribution in [0, 0.1) is 0 Å². The normalized spacial score (nSPS) is 14.8. The van der Waals surface area contributed by atoms with Gasteiger partial charge in [0.2, 0.25) is 0 Å². The van der Waals surface area contributed by atoms with Crippen molar-refractivity contribution < 1.29 is 4.74 Å². The van der Waals surface area contributed by atoms with E-state index in [-0.39, 0.29) is 0 Å². The van der Waals surface area contributed by atoms with Crippen LogP contribution in [-0.4, -0.2) is 65.5 Å². The number of benzene rings is 2. The van der Waals surface area contributed by atoms with E-state index in [0.29, 0.717) is 6.04 Å². The summed E-state index contributed by atoms with van der Waals surface area (Å²) in [6, 6.07) is 19.5. The molecule has 6 nitrogen and oxygen atoms in total. The van der Waals surface area contributed by atoms with Gasteiger partial charge >= 0.3 is 0 Å². The zero-order chi connectivity index (χ0) is 24.8. The number of anilines is 1. The highest BCUT2D eigenvalue weighted by Crippen LogP contribution is 2.31. The molecule has 1 saturated heterocycles. The summed E-state index contributed by atoms with van der Waals surface area (Å²) < 4.78 is 7.55. The molecule has 6 heteroatoms.